The third kappa shape index (κ3) is 5.02. The molecule has 8 heteroatoms. The number of carbonyl (C=O) groups is 4. The maximum Gasteiger partial charge on any atom is 0.261 e. The van der Waals surface area contributed by atoms with Gasteiger partial charge in [0.2, 0.25) is 0 Å². The van der Waals surface area contributed by atoms with E-state index in [2.05, 4.69) is 10.6 Å². The highest BCUT2D eigenvalue weighted by atomic mass is 16.5. The van der Waals surface area contributed by atoms with Crippen molar-refractivity contribution in [3.8, 4) is 0 Å². The van der Waals surface area contributed by atoms with E-state index in [-0.39, 0.29) is 35.0 Å². The summed E-state index contributed by atoms with van der Waals surface area (Å²) in [6.45, 7) is 5.52. The molecule has 1 atom stereocenters. The second kappa shape index (κ2) is 10.2. The van der Waals surface area contributed by atoms with Gasteiger partial charge in [-0.25, -0.2) is 0 Å². The molecule has 2 aromatic rings. The summed E-state index contributed by atoms with van der Waals surface area (Å²) in [5.74, 6) is -1.14. The number of nitrogens with one attached hydrogen (secondary N) is 2. The molecule has 2 heterocycles. The predicted molar refractivity (Wildman–Crippen MR) is 127 cm³/mol. The quantitative estimate of drug-likeness (QED) is 0.583. The number of ether oxygens (including phenoxy) is 1. The minimum atomic E-state index is -0.469. The number of benzene rings is 2. The Balaban J connectivity index is 1.47. The number of amides is 4. The second-order valence-corrected chi connectivity index (χ2v) is 9.05. The predicted octanol–water partition coefficient (Wildman–Crippen LogP) is 3.49. The molecule has 2 aromatic carbocycles. The van der Waals surface area contributed by atoms with Crippen molar-refractivity contribution in [3.63, 3.8) is 0 Å². The molecule has 0 bridgehead atoms. The van der Waals surface area contributed by atoms with Crippen molar-refractivity contribution in [3.05, 3.63) is 64.7 Å². The van der Waals surface area contributed by atoms with Crippen LogP contribution in [0.25, 0.3) is 0 Å². The van der Waals surface area contributed by atoms with Crippen LogP contribution in [0.4, 0.5) is 5.69 Å². The lowest BCUT2D eigenvalue weighted by Gasteiger charge is -2.14. The van der Waals surface area contributed by atoms with Crippen LogP contribution in [0.3, 0.4) is 0 Å². The normalized spacial score (nSPS) is 17.3. The number of para-hydroxylation sites is 1. The van der Waals surface area contributed by atoms with Gasteiger partial charge in [-0.15, -0.1) is 0 Å². The van der Waals surface area contributed by atoms with Crippen LogP contribution in [0.5, 0.6) is 0 Å². The molecular formula is C26H29N3O5. The van der Waals surface area contributed by atoms with Gasteiger partial charge in [-0.1, -0.05) is 26.0 Å². The van der Waals surface area contributed by atoms with E-state index in [4.69, 9.17) is 4.74 Å². The fraction of sp³-hybridized carbons (Fsp3) is 0.385. The summed E-state index contributed by atoms with van der Waals surface area (Å²) < 4.78 is 5.54. The fourth-order valence-electron chi connectivity index (χ4n) is 4.11. The zero-order valence-electron chi connectivity index (χ0n) is 19.4. The number of hydrogen-bond acceptors (Lipinski definition) is 5. The number of carbonyl (C=O) groups excluding carboxylic acids is 4. The SMILES string of the molecule is CC(C)CCN1C(=O)c2ccc(C(=O)Nc3ccccc3C(=O)NCC3CCCO3)cc2C1=O. The molecule has 4 amide bonds. The van der Waals surface area contributed by atoms with Gasteiger partial charge in [0.25, 0.3) is 23.6 Å². The summed E-state index contributed by atoms with van der Waals surface area (Å²) in [5.41, 5.74) is 1.46. The summed E-state index contributed by atoms with van der Waals surface area (Å²) in [7, 11) is 0. The fourth-order valence-corrected chi connectivity index (χ4v) is 4.11. The highest BCUT2D eigenvalue weighted by Gasteiger charge is 2.35. The van der Waals surface area contributed by atoms with Crippen molar-refractivity contribution >= 4 is 29.3 Å². The van der Waals surface area contributed by atoms with E-state index in [1.165, 1.54) is 23.1 Å². The zero-order valence-corrected chi connectivity index (χ0v) is 19.4. The third-order valence-electron chi connectivity index (χ3n) is 6.10. The minimum absolute atomic E-state index is 0.0115. The molecule has 1 fully saturated rings. The molecule has 2 aliphatic rings. The smallest absolute Gasteiger partial charge is 0.261 e. The molecule has 8 nitrogen and oxygen atoms in total. The lowest BCUT2D eigenvalue weighted by Crippen LogP contribution is -2.32. The van der Waals surface area contributed by atoms with Gasteiger partial charge in [-0.3, -0.25) is 24.1 Å². The second-order valence-electron chi connectivity index (χ2n) is 9.05. The standard InChI is InChI=1S/C26H29N3O5/c1-16(2)11-12-29-25(32)19-10-9-17(14-21(19)26(29)33)23(30)28-22-8-4-3-7-20(22)24(31)27-15-18-6-5-13-34-18/h3-4,7-10,14,16,18H,5-6,11-13,15H2,1-2H3,(H,27,31)(H,28,30). The number of anilines is 1. The van der Waals surface area contributed by atoms with Crippen LogP contribution in [0.2, 0.25) is 0 Å². The van der Waals surface area contributed by atoms with Gasteiger partial charge >= 0.3 is 0 Å². The van der Waals surface area contributed by atoms with E-state index in [0.717, 1.165) is 12.8 Å². The van der Waals surface area contributed by atoms with E-state index >= 15 is 0 Å². The van der Waals surface area contributed by atoms with E-state index in [9.17, 15) is 19.2 Å². The number of rotatable bonds is 8. The maximum absolute atomic E-state index is 13.0. The first-order chi connectivity index (χ1) is 16.3. The molecule has 34 heavy (non-hydrogen) atoms. The van der Waals surface area contributed by atoms with Crippen LogP contribution in [-0.4, -0.2) is 54.3 Å². The Morgan fingerprint density at radius 1 is 1.06 bits per heavy atom. The molecular weight excluding hydrogens is 434 g/mol. The Morgan fingerprint density at radius 3 is 2.56 bits per heavy atom. The Bertz CT molecular complexity index is 1120. The van der Waals surface area contributed by atoms with Crippen LogP contribution in [0, 0.1) is 5.92 Å². The summed E-state index contributed by atoms with van der Waals surface area (Å²) in [6, 6.07) is 11.2. The Morgan fingerprint density at radius 2 is 1.82 bits per heavy atom. The number of hydrogen-bond donors (Lipinski definition) is 2. The summed E-state index contributed by atoms with van der Waals surface area (Å²) >= 11 is 0. The first kappa shape index (κ1) is 23.6. The molecule has 0 saturated carbocycles. The largest absolute Gasteiger partial charge is 0.376 e. The molecule has 178 valence electrons. The monoisotopic (exact) mass is 463 g/mol. The van der Waals surface area contributed by atoms with Crippen molar-refractivity contribution < 1.29 is 23.9 Å². The van der Waals surface area contributed by atoms with Gasteiger partial charge in [-0.05, 0) is 55.5 Å². The summed E-state index contributed by atoms with van der Waals surface area (Å²) in [4.78, 5) is 52.3. The average Bonchev–Trinajstić information content (AvgIpc) is 3.43. The van der Waals surface area contributed by atoms with E-state index in [1.54, 1.807) is 24.3 Å². The number of fused-ring (bicyclic) bond motifs is 1. The lowest BCUT2D eigenvalue weighted by atomic mass is 10.0. The number of nitrogens with zero attached hydrogens (tertiary/aromatic N) is 1. The van der Waals surface area contributed by atoms with Crippen molar-refractivity contribution in [2.75, 3.05) is 25.0 Å². The summed E-state index contributed by atoms with van der Waals surface area (Å²) in [6.07, 6.45) is 2.62. The maximum atomic E-state index is 13.0. The van der Waals surface area contributed by atoms with Gasteiger partial charge in [0.05, 0.1) is 28.5 Å². The van der Waals surface area contributed by atoms with E-state index in [1.807, 2.05) is 13.8 Å². The third-order valence-corrected chi connectivity index (χ3v) is 6.10. The van der Waals surface area contributed by atoms with Crippen LogP contribution < -0.4 is 10.6 Å². The van der Waals surface area contributed by atoms with Crippen LogP contribution in [0.15, 0.2) is 42.5 Å². The molecule has 4 rings (SSSR count). The van der Waals surface area contributed by atoms with Gasteiger partial charge < -0.3 is 15.4 Å². The Labute approximate surface area is 198 Å². The van der Waals surface area contributed by atoms with Crippen molar-refractivity contribution in [1.82, 2.24) is 10.2 Å². The minimum Gasteiger partial charge on any atom is -0.376 e. The van der Waals surface area contributed by atoms with Gasteiger partial charge in [0.15, 0.2) is 0 Å². The topological polar surface area (TPSA) is 105 Å². The molecule has 0 aromatic heterocycles. The molecule has 1 unspecified atom stereocenters. The van der Waals surface area contributed by atoms with Crippen LogP contribution >= 0.6 is 0 Å². The molecule has 2 aliphatic heterocycles. The molecule has 2 N–H and O–H groups in total. The van der Waals surface area contributed by atoms with Gasteiger partial charge in [0.1, 0.15) is 0 Å². The lowest BCUT2D eigenvalue weighted by molar-refractivity contribution is 0.0647. The first-order valence-electron chi connectivity index (χ1n) is 11.7. The van der Waals surface area contributed by atoms with Crippen molar-refractivity contribution in [2.24, 2.45) is 5.92 Å². The summed E-state index contributed by atoms with van der Waals surface area (Å²) in [5, 5.41) is 5.62. The zero-order chi connectivity index (χ0) is 24.2. The van der Waals surface area contributed by atoms with Crippen LogP contribution in [0.1, 0.15) is 74.5 Å². The Hall–Kier alpha value is -3.52. The number of imide groups is 1. The highest BCUT2D eigenvalue weighted by molar-refractivity contribution is 6.22. The molecule has 0 spiro atoms. The first-order valence-corrected chi connectivity index (χ1v) is 11.7. The molecule has 0 aliphatic carbocycles. The van der Waals surface area contributed by atoms with Crippen LogP contribution in [-0.2, 0) is 4.74 Å². The van der Waals surface area contributed by atoms with Crippen molar-refractivity contribution in [2.45, 2.75) is 39.2 Å². The highest BCUT2D eigenvalue weighted by Crippen LogP contribution is 2.26. The van der Waals surface area contributed by atoms with Gasteiger partial charge in [-0.2, -0.15) is 0 Å². The Kier molecular flexibility index (Phi) is 7.07. The average molecular weight is 464 g/mol. The van der Waals surface area contributed by atoms with Crippen molar-refractivity contribution in [1.29, 1.82) is 0 Å². The van der Waals surface area contributed by atoms with E-state index in [0.29, 0.717) is 48.8 Å². The molecule has 1 saturated heterocycles. The molecule has 0 radical (unpaired) electrons. The van der Waals surface area contributed by atoms with Gasteiger partial charge in [0, 0.05) is 25.3 Å². The van der Waals surface area contributed by atoms with E-state index < -0.39 is 5.91 Å².